The van der Waals surface area contributed by atoms with Crippen LogP contribution >= 0.6 is 11.3 Å². The molecule has 3 rings (SSSR count). The normalized spacial score (nSPS) is 11.5. The Bertz CT molecular complexity index is 1150. The summed E-state index contributed by atoms with van der Waals surface area (Å²) in [6, 6.07) is 7.27. The number of rotatable bonds is 4. The van der Waals surface area contributed by atoms with E-state index >= 15 is 0 Å². The molecule has 0 radical (unpaired) electrons. The average Bonchev–Trinajstić information content (AvgIpc) is 2.99. The minimum absolute atomic E-state index is 0.000560. The Balaban J connectivity index is 1.57. The topological polar surface area (TPSA) is 93.1 Å². The molecule has 0 fully saturated rings. The average molecular weight is 427 g/mol. The van der Waals surface area contributed by atoms with Crippen molar-refractivity contribution in [3.05, 3.63) is 62.5 Å². The minimum atomic E-state index is -0.395. The quantitative estimate of drug-likeness (QED) is 0.627. The number of nitrogens with one attached hydrogen (secondary N) is 2. The molecule has 2 aromatic heterocycles. The van der Waals surface area contributed by atoms with E-state index in [1.54, 1.807) is 12.1 Å². The lowest BCUT2D eigenvalue weighted by Gasteiger charge is -2.19. The number of aryl methyl sites for hydroxylation is 3. The first-order chi connectivity index (χ1) is 14.1. The van der Waals surface area contributed by atoms with Crippen LogP contribution in [-0.2, 0) is 16.8 Å². The number of nitrogens with zero attached hydrogens (tertiary/aromatic N) is 2. The van der Waals surface area contributed by atoms with E-state index in [9.17, 15) is 14.4 Å². The van der Waals surface area contributed by atoms with Gasteiger partial charge < -0.3 is 0 Å². The maximum Gasteiger partial charge on any atom is 0.269 e. The molecule has 3 aromatic rings. The Kier molecular flexibility index (Phi) is 6.07. The van der Waals surface area contributed by atoms with Crippen LogP contribution in [0.25, 0.3) is 10.2 Å². The monoisotopic (exact) mass is 426 g/mol. The van der Waals surface area contributed by atoms with Crippen molar-refractivity contribution in [2.75, 3.05) is 0 Å². The van der Waals surface area contributed by atoms with Gasteiger partial charge in [-0.15, -0.1) is 11.3 Å². The van der Waals surface area contributed by atoms with E-state index < -0.39 is 5.91 Å². The Hall–Kier alpha value is -3.00. The molecule has 2 amide bonds. The lowest BCUT2D eigenvalue weighted by atomic mass is 9.87. The number of aromatic nitrogens is 2. The van der Waals surface area contributed by atoms with Crippen LogP contribution in [0.2, 0.25) is 0 Å². The summed E-state index contributed by atoms with van der Waals surface area (Å²) in [5.74, 6) is -0.784. The van der Waals surface area contributed by atoms with Crippen molar-refractivity contribution in [1.29, 1.82) is 0 Å². The standard InChI is InChI=1S/C22H26N4O3S/c1-13-14(2)30-20-18(13)21(29)26(12-23-20)11-10-17(27)24-25-19(28)15-6-8-16(9-7-15)22(3,4)5/h6-9,12H,10-11H2,1-5H3,(H,24,27)(H,25,28). The van der Waals surface area contributed by atoms with Gasteiger partial charge in [0, 0.05) is 23.4 Å². The summed E-state index contributed by atoms with van der Waals surface area (Å²) in [6.07, 6.45) is 1.50. The Morgan fingerprint density at radius 2 is 1.77 bits per heavy atom. The Morgan fingerprint density at radius 3 is 2.40 bits per heavy atom. The fraction of sp³-hybridized carbons (Fsp3) is 0.364. The molecule has 7 nitrogen and oxygen atoms in total. The van der Waals surface area contributed by atoms with Crippen molar-refractivity contribution in [2.24, 2.45) is 0 Å². The van der Waals surface area contributed by atoms with Crippen molar-refractivity contribution in [2.45, 2.75) is 53.0 Å². The van der Waals surface area contributed by atoms with Gasteiger partial charge in [0.15, 0.2) is 0 Å². The van der Waals surface area contributed by atoms with Crippen molar-refractivity contribution in [3.8, 4) is 0 Å². The summed E-state index contributed by atoms with van der Waals surface area (Å²) >= 11 is 1.49. The van der Waals surface area contributed by atoms with E-state index in [1.165, 1.54) is 22.2 Å². The first kappa shape index (κ1) is 21.7. The molecular formula is C22H26N4O3S. The molecule has 0 aliphatic rings. The lowest BCUT2D eigenvalue weighted by molar-refractivity contribution is -0.122. The van der Waals surface area contributed by atoms with Gasteiger partial charge in [-0.1, -0.05) is 32.9 Å². The number of carbonyl (C=O) groups is 2. The van der Waals surface area contributed by atoms with Crippen LogP contribution in [0, 0.1) is 13.8 Å². The Morgan fingerprint density at radius 1 is 1.10 bits per heavy atom. The molecule has 2 N–H and O–H groups in total. The van der Waals surface area contributed by atoms with E-state index in [-0.39, 0.29) is 29.8 Å². The highest BCUT2D eigenvalue weighted by molar-refractivity contribution is 7.18. The number of hydrazine groups is 1. The molecule has 0 aliphatic heterocycles. The van der Waals surface area contributed by atoms with E-state index in [0.717, 1.165) is 16.0 Å². The second-order valence-corrected chi connectivity index (χ2v) is 9.49. The third kappa shape index (κ3) is 4.59. The SMILES string of the molecule is Cc1sc2ncn(CCC(=O)NNC(=O)c3ccc(C(C)(C)C)cc3)c(=O)c2c1C. The maximum atomic E-state index is 12.7. The summed E-state index contributed by atoms with van der Waals surface area (Å²) in [6.45, 7) is 10.3. The molecule has 0 saturated carbocycles. The van der Waals surface area contributed by atoms with Gasteiger partial charge in [-0.25, -0.2) is 4.98 Å². The molecule has 0 bridgehead atoms. The number of thiophene rings is 1. The molecule has 0 atom stereocenters. The molecule has 8 heteroatoms. The first-order valence-corrected chi connectivity index (χ1v) is 10.5. The first-order valence-electron chi connectivity index (χ1n) is 9.73. The second-order valence-electron chi connectivity index (χ2n) is 8.29. The third-order valence-electron chi connectivity index (χ3n) is 5.06. The van der Waals surface area contributed by atoms with E-state index in [4.69, 9.17) is 0 Å². The van der Waals surface area contributed by atoms with E-state index in [1.807, 2.05) is 26.0 Å². The van der Waals surface area contributed by atoms with E-state index in [0.29, 0.717) is 15.8 Å². The summed E-state index contributed by atoms with van der Waals surface area (Å²) in [4.78, 5) is 43.1. The van der Waals surface area contributed by atoms with Crippen LogP contribution < -0.4 is 16.4 Å². The third-order valence-corrected chi connectivity index (χ3v) is 6.18. The lowest BCUT2D eigenvalue weighted by Crippen LogP contribution is -2.42. The highest BCUT2D eigenvalue weighted by Crippen LogP contribution is 2.25. The molecular weight excluding hydrogens is 400 g/mol. The molecule has 0 saturated heterocycles. The van der Waals surface area contributed by atoms with Crippen molar-refractivity contribution < 1.29 is 9.59 Å². The van der Waals surface area contributed by atoms with Gasteiger partial charge in [0.2, 0.25) is 5.91 Å². The molecule has 2 heterocycles. The number of amides is 2. The van der Waals surface area contributed by atoms with Gasteiger partial charge in [-0.05, 0) is 42.5 Å². The predicted octanol–water partition coefficient (Wildman–Crippen LogP) is 3.22. The molecule has 30 heavy (non-hydrogen) atoms. The Labute approximate surface area is 179 Å². The summed E-state index contributed by atoms with van der Waals surface area (Å²) in [5, 5.41) is 0.604. The number of carbonyl (C=O) groups excluding carboxylic acids is 2. The second kappa shape index (κ2) is 8.39. The van der Waals surface area contributed by atoms with Crippen LogP contribution in [0.4, 0.5) is 0 Å². The fourth-order valence-corrected chi connectivity index (χ4v) is 4.02. The number of benzene rings is 1. The van der Waals surface area contributed by atoms with Crippen molar-refractivity contribution in [1.82, 2.24) is 20.4 Å². The summed E-state index contributed by atoms with van der Waals surface area (Å²) < 4.78 is 1.42. The molecule has 0 unspecified atom stereocenters. The largest absolute Gasteiger partial charge is 0.298 e. The predicted molar refractivity (Wildman–Crippen MR) is 119 cm³/mol. The molecule has 0 aliphatic carbocycles. The smallest absolute Gasteiger partial charge is 0.269 e. The number of fused-ring (bicyclic) bond motifs is 1. The summed E-state index contributed by atoms with van der Waals surface area (Å²) in [7, 11) is 0. The minimum Gasteiger partial charge on any atom is -0.298 e. The van der Waals surface area contributed by atoms with Crippen LogP contribution in [0.3, 0.4) is 0 Å². The van der Waals surface area contributed by atoms with Crippen LogP contribution in [0.5, 0.6) is 0 Å². The fourth-order valence-electron chi connectivity index (χ4n) is 3.03. The van der Waals surface area contributed by atoms with Crippen LogP contribution in [0.15, 0.2) is 35.4 Å². The van der Waals surface area contributed by atoms with Crippen LogP contribution in [-0.4, -0.2) is 21.4 Å². The van der Waals surface area contributed by atoms with Crippen LogP contribution in [0.1, 0.15) is 53.6 Å². The molecule has 158 valence electrons. The molecule has 1 aromatic carbocycles. The van der Waals surface area contributed by atoms with Gasteiger partial charge in [-0.2, -0.15) is 0 Å². The maximum absolute atomic E-state index is 12.7. The summed E-state index contributed by atoms with van der Waals surface area (Å²) in [5.41, 5.74) is 7.15. The zero-order valence-electron chi connectivity index (χ0n) is 17.8. The zero-order chi connectivity index (χ0) is 22.1. The number of hydrogen-bond donors (Lipinski definition) is 2. The van der Waals surface area contributed by atoms with Gasteiger partial charge in [0.25, 0.3) is 11.5 Å². The van der Waals surface area contributed by atoms with Gasteiger partial charge in [0.1, 0.15) is 4.83 Å². The highest BCUT2D eigenvalue weighted by atomic mass is 32.1. The van der Waals surface area contributed by atoms with Gasteiger partial charge in [-0.3, -0.25) is 29.8 Å². The van der Waals surface area contributed by atoms with E-state index in [2.05, 4.69) is 36.6 Å². The van der Waals surface area contributed by atoms with Crippen molar-refractivity contribution in [3.63, 3.8) is 0 Å². The van der Waals surface area contributed by atoms with Crippen molar-refractivity contribution >= 4 is 33.4 Å². The van der Waals surface area contributed by atoms with Gasteiger partial charge >= 0.3 is 0 Å². The highest BCUT2D eigenvalue weighted by Gasteiger charge is 2.15. The number of hydrogen-bond acceptors (Lipinski definition) is 5. The van der Waals surface area contributed by atoms with Gasteiger partial charge in [0.05, 0.1) is 11.7 Å². The zero-order valence-corrected chi connectivity index (χ0v) is 18.6. The molecule has 0 spiro atoms.